The lowest BCUT2D eigenvalue weighted by Gasteiger charge is -2.11. The number of rotatable bonds is 2. The van der Waals surface area contributed by atoms with Crippen molar-refractivity contribution in [2.24, 2.45) is 0 Å². The first-order valence-electron chi connectivity index (χ1n) is 6.50. The molecule has 114 valence electrons. The van der Waals surface area contributed by atoms with Gasteiger partial charge in [-0.1, -0.05) is 18.2 Å². The van der Waals surface area contributed by atoms with E-state index in [0.29, 0.717) is 5.69 Å². The maximum atomic E-state index is 12.2. The van der Waals surface area contributed by atoms with Gasteiger partial charge in [0.1, 0.15) is 11.6 Å². The normalized spacial score (nSPS) is 11.3. The van der Waals surface area contributed by atoms with E-state index in [9.17, 15) is 13.2 Å². The Morgan fingerprint density at radius 3 is 2.52 bits per heavy atom. The van der Waals surface area contributed by atoms with Crippen LogP contribution in [0.5, 0.6) is 0 Å². The van der Waals surface area contributed by atoms with Gasteiger partial charge in [-0.3, -0.25) is 9.36 Å². The van der Waals surface area contributed by atoms with E-state index < -0.39 is 15.3 Å². The molecule has 0 saturated heterocycles. The van der Waals surface area contributed by atoms with E-state index in [1.807, 2.05) is 12.1 Å². The van der Waals surface area contributed by atoms with Gasteiger partial charge in [0.2, 0.25) is 20.4 Å². The highest BCUT2D eigenvalue weighted by Crippen LogP contribution is 2.16. The summed E-state index contributed by atoms with van der Waals surface area (Å²) in [5, 5.41) is 8.84. The Morgan fingerprint density at radius 1 is 1.22 bits per heavy atom. The topological polar surface area (TPSA) is 106 Å². The largest absolute Gasteiger partial charge is 0.300 e. The van der Waals surface area contributed by atoms with Crippen LogP contribution in [-0.2, 0) is 9.84 Å². The average Bonchev–Trinajstić information content (AvgIpc) is 2.55. The molecule has 8 heteroatoms. The van der Waals surface area contributed by atoms with Crippen molar-refractivity contribution in [3.05, 3.63) is 58.5 Å². The molecule has 3 aromatic rings. The summed E-state index contributed by atoms with van der Waals surface area (Å²) in [7, 11) is -3.62. The van der Waals surface area contributed by atoms with Crippen molar-refractivity contribution in [2.75, 3.05) is 6.26 Å². The summed E-state index contributed by atoms with van der Waals surface area (Å²) >= 11 is 0. The number of para-hydroxylation sites is 1. The summed E-state index contributed by atoms with van der Waals surface area (Å²) in [5.41, 5.74) is 0.176. The molecule has 1 aromatic carbocycles. The van der Waals surface area contributed by atoms with Crippen LogP contribution in [-0.4, -0.2) is 29.2 Å². The highest BCUT2D eigenvalue weighted by molar-refractivity contribution is 7.90. The molecule has 3 rings (SSSR count). The second-order valence-electron chi connectivity index (χ2n) is 4.85. The lowest BCUT2D eigenvalue weighted by atomic mass is 10.2. The summed E-state index contributed by atoms with van der Waals surface area (Å²) in [4.78, 5) is 20.0. The van der Waals surface area contributed by atoms with Crippen LogP contribution in [0.15, 0.2) is 52.7 Å². The SMILES string of the molecule is CS(=O)(=O)c1ncc2c(=O)c(C#N)cn(-c3ccccc3)c2n1. The summed E-state index contributed by atoms with van der Waals surface area (Å²) in [6.07, 6.45) is 3.48. The van der Waals surface area contributed by atoms with Gasteiger partial charge in [-0.05, 0) is 12.1 Å². The molecular weight excluding hydrogens is 316 g/mol. The third-order valence-corrected chi connectivity index (χ3v) is 4.07. The van der Waals surface area contributed by atoms with E-state index in [-0.39, 0.29) is 21.8 Å². The average molecular weight is 326 g/mol. The fraction of sp³-hybridized carbons (Fsp3) is 0.0667. The van der Waals surface area contributed by atoms with Gasteiger partial charge in [0.05, 0.1) is 5.39 Å². The number of fused-ring (bicyclic) bond motifs is 1. The molecule has 0 bridgehead atoms. The van der Waals surface area contributed by atoms with Gasteiger partial charge >= 0.3 is 0 Å². The molecule has 23 heavy (non-hydrogen) atoms. The molecular formula is C15H10N4O3S. The summed E-state index contributed by atoms with van der Waals surface area (Å²) in [5.74, 6) is 0. The number of aromatic nitrogens is 3. The molecule has 0 aliphatic heterocycles. The fourth-order valence-electron chi connectivity index (χ4n) is 2.14. The lowest BCUT2D eigenvalue weighted by molar-refractivity contribution is 0.593. The van der Waals surface area contributed by atoms with E-state index in [4.69, 9.17) is 5.26 Å². The highest BCUT2D eigenvalue weighted by atomic mass is 32.2. The van der Waals surface area contributed by atoms with Crippen molar-refractivity contribution in [2.45, 2.75) is 5.16 Å². The molecule has 0 amide bonds. The smallest absolute Gasteiger partial charge is 0.248 e. The van der Waals surface area contributed by atoms with E-state index >= 15 is 0 Å². The van der Waals surface area contributed by atoms with Crippen LogP contribution in [0, 0.1) is 11.3 Å². The van der Waals surface area contributed by atoms with E-state index in [0.717, 1.165) is 12.5 Å². The number of benzene rings is 1. The van der Waals surface area contributed by atoms with Gasteiger partial charge < -0.3 is 0 Å². The van der Waals surface area contributed by atoms with Gasteiger partial charge in [-0.15, -0.1) is 0 Å². The number of nitrogens with zero attached hydrogens (tertiary/aromatic N) is 4. The summed E-state index contributed by atoms with van der Waals surface area (Å²) < 4.78 is 24.8. The zero-order valence-electron chi connectivity index (χ0n) is 12.0. The molecule has 0 unspecified atom stereocenters. The Labute approximate surface area is 131 Å². The quantitative estimate of drug-likeness (QED) is 0.652. The monoisotopic (exact) mass is 326 g/mol. The molecule has 0 aliphatic carbocycles. The van der Waals surface area contributed by atoms with Crippen molar-refractivity contribution in [1.82, 2.24) is 14.5 Å². The number of pyridine rings is 1. The van der Waals surface area contributed by atoms with Crippen molar-refractivity contribution in [3.8, 4) is 11.8 Å². The Kier molecular flexibility index (Phi) is 3.42. The Morgan fingerprint density at radius 2 is 1.91 bits per heavy atom. The molecule has 0 saturated carbocycles. The first-order valence-corrected chi connectivity index (χ1v) is 8.39. The number of nitriles is 1. The van der Waals surface area contributed by atoms with Crippen LogP contribution in [0.1, 0.15) is 5.56 Å². The molecule has 0 radical (unpaired) electrons. The summed E-state index contributed by atoms with van der Waals surface area (Å²) in [6.45, 7) is 0. The maximum absolute atomic E-state index is 12.2. The molecule has 0 spiro atoms. The fourth-order valence-corrected chi connectivity index (χ4v) is 2.64. The Hall–Kier alpha value is -3.05. The standard InChI is InChI=1S/C15H10N4O3S/c1-23(21,22)15-17-8-12-13(20)10(7-16)9-19(14(12)18-15)11-5-3-2-4-6-11/h2-6,8-9H,1H3. The van der Waals surface area contributed by atoms with Gasteiger partial charge in [0, 0.05) is 24.3 Å². The molecule has 0 aliphatic rings. The minimum Gasteiger partial charge on any atom is -0.300 e. The van der Waals surface area contributed by atoms with E-state index in [2.05, 4.69) is 9.97 Å². The Bertz CT molecular complexity index is 1110. The molecule has 7 nitrogen and oxygen atoms in total. The van der Waals surface area contributed by atoms with Gasteiger partial charge in [-0.25, -0.2) is 13.4 Å². The third kappa shape index (κ3) is 2.58. The van der Waals surface area contributed by atoms with Crippen LogP contribution < -0.4 is 5.43 Å². The molecule has 0 fully saturated rings. The van der Waals surface area contributed by atoms with E-state index in [1.54, 1.807) is 24.3 Å². The number of sulfone groups is 1. The van der Waals surface area contributed by atoms with Crippen LogP contribution in [0.3, 0.4) is 0 Å². The third-order valence-electron chi connectivity index (χ3n) is 3.21. The van der Waals surface area contributed by atoms with Crippen molar-refractivity contribution >= 4 is 20.9 Å². The zero-order valence-corrected chi connectivity index (χ0v) is 12.8. The molecule has 0 atom stereocenters. The minimum absolute atomic E-state index is 0.0722. The van der Waals surface area contributed by atoms with Crippen molar-refractivity contribution in [3.63, 3.8) is 0 Å². The molecule has 2 heterocycles. The van der Waals surface area contributed by atoms with Gasteiger partial charge in [-0.2, -0.15) is 10.2 Å². The summed E-state index contributed by atoms with van der Waals surface area (Å²) in [6, 6.07) is 10.7. The second kappa shape index (κ2) is 5.30. The van der Waals surface area contributed by atoms with Crippen LogP contribution in [0.2, 0.25) is 0 Å². The maximum Gasteiger partial charge on any atom is 0.248 e. The number of hydrogen-bond acceptors (Lipinski definition) is 6. The first kappa shape index (κ1) is 14.9. The minimum atomic E-state index is -3.62. The van der Waals surface area contributed by atoms with Gasteiger partial charge in [0.25, 0.3) is 0 Å². The predicted molar refractivity (Wildman–Crippen MR) is 83.0 cm³/mol. The Balaban J connectivity index is 2.49. The lowest BCUT2D eigenvalue weighted by Crippen LogP contribution is -2.15. The van der Waals surface area contributed by atoms with Crippen molar-refractivity contribution in [1.29, 1.82) is 5.26 Å². The first-order chi connectivity index (χ1) is 10.9. The highest BCUT2D eigenvalue weighted by Gasteiger charge is 2.17. The van der Waals surface area contributed by atoms with Crippen LogP contribution >= 0.6 is 0 Å². The van der Waals surface area contributed by atoms with Crippen LogP contribution in [0.25, 0.3) is 16.7 Å². The number of hydrogen-bond donors (Lipinski definition) is 0. The van der Waals surface area contributed by atoms with Crippen LogP contribution in [0.4, 0.5) is 0 Å². The zero-order chi connectivity index (χ0) is 16.6. The van der Waals surface area contributed by atoms with Gasteiger partial charge in [0.15, 0.2) is 5.65 Å². The molecule has 0 N–H and O–H groups in total. The predicted octanol–water partition coefficient (Wildman–Crippen LogP) is 1.06. The molecule has 2 aromatic heterocycles. The van der Waals surface area contributed by atoms with E-state index in [1.165, 1.54) is 10.8 Å². The second-order valence-corrected chi connectivity index (χ2v) is 6.76. The van der Waals surface area contributed by atoms with Crippen molar-refractivity contribution < 1.29 is 8.42 Å².